The maximum atomic E-state index is 12.5. The van der Waals surface area contributed by atoms with Crippen molar-refractivity contribution in [3.8, 4) is 5.75 Å². The van der Waals surface area contributed by atoms with Crippen molar-refractivity contribution < 1.29 is 19.1 Å². The Bertz CT molecular complexity index is 1210. The first-order valence-electron chi connectivity index (χ1n) is 10.6. The van der Waals surface area contributed by atoms with Crippen LogP contribution >= 0.6 is 46.6 Å². The highest BCUT2D eigenvalue weighted by Gasteiger charge is 2.16. The maximum Gasteiger partial charge on any atom is 0.339 e. The van der Waals surface area contributed by atoms with Gasteiger partial charge in [-0.15, -0.1) is 10.2 Å². The lowest BCUT2D eigenvalue weighted by molar-refractivity contribution is -0.113. The van der Waals surface area contributed by atoms with Crippen LogP contribution in [0.5, 0.6) is 5.75 Å². The van der Waals surface area contributed by atoms with Crippen molar-refractivity contribution in [2.24, 2.45) is 7.05 Å². The minimum atomic E-state index is -0.525. The lowest BCUT2D eigenvalue weighted by atomic mass is 10.2. The number of benzene rings is 2. The van der Waals surface area contributed by atoms with Gasteiger partial charge in [0.25, 0.3) is 0 Å². The van der Waals surface area contributed by atoms with Gasteiger partial charge < -0.3 is 19.4 Å². The van der Waals surface area contributed by atoms with Crippen LogP contribution in [0.4, 0.5) is 5.69 Å². The van der Waals surface area contributed by atoms with Crippen molar-refractivity contribution >= 4 is 64.1 Å². The molecule has 0 aliphatic heterocycles. The fraction of sp³-hybridized carbons (Fsp3) is 0.304. The molecule has 1 N–H and O–H groups in total. The normalized spacial score (nSPS) is 10.8. The quantitative estimate of drug-likeness (QED) is 0.174. The van der Waals surface area contributed by atoms with Crippen LogP contribution in [0.3, 0.4) is 0 Å². The minimum absolute atomic E-state index is 0.0781. The molecule has 3 rings (SSSR count). The van der Waals surface area contributed by atoms with Crippen molar-refractivity contribution in [1.82, 2.24) is 14.8 Å². The van der Waals surface area contributed by atoms with Crippen molar-refractivity contribution in [1.29, 1.82) is 0 Å². The van der Waals surface area contributed by atoms with Crippen molar-refractivity contribution in [3.63, 3.8) is 0 Å². The number of carbonyl (C=O) groups is 2. The van der Waals surface area contributed by atoms with E-state index in [1.54, 1.807) is 41.9 Å². The molecular formula is C23H23Cl3N4O4S. The third-order valence-corrected chi connectivity index (χ3v) is 6.59. The zero-order valence-corrected chi connectivity index (χ0v) is 22.1. The fourth-order valence-corrected chi connectivity index (χ4v) is 4.19. The van der Waals surface area contributed by atoms with Gasteiger partial charge >= 0.3 is 5.97 Å². The Kier molecular flexibility index (Phi) is 10.1. The Hall–Kier alpha value is -2.46. The highest BCUT2D eigenvalue weighted by atomic mass is 35.5. The number of rotatable bonds is 11. The summed E-state index contributed by atoms with van der Waals surface area (Å²) in [5.74, 6) is 0.306. The third-order valence-electron chi connectivity index (χ3n) is 4.71. The van der Waals surface area contributed by atoms with Gasteiger partial charge in [0.15, 0.2) is 11.0 Å². The summed E-state index contributed by atoms with van der Waals surface area (Å²) in [4.78, 5) is 24.7. The highest BCUT2D eigenvalue weighted by Crippen LogP contribution is 2.28. The molecule has 12 heteroatoms. The van der Waals surface area contributed by atoms with Crippen LogP contribution in [0, 0.1) is 0 Å². The first kappa shape index (κ1) is 27.1. The van der Waals surface area contributed by atoms with Crippen LogP contribution in [-0.2, 0) is 23.2 Å². The Morgan fingerprint density at radius 2 is 1.89 bits per heavy atom. The molecule has 0 aliphatic rings. The largest absolute Gasteiger partial charge is 0.484 e. The van der Waals surface area contributed by atoms with Crippen LogP contribution < -0.4 is 10.1 Å². The first-order chi connectivity index (χ1) is 16.8. The summed E-state index contributed by atoms with van der Waals surface area (Å²) in [7, 11) is 1.78. The van der Waals surface area contributed by atoms with Crippen molar-refractivity contribution in [3.05, 3.63) is 62.9 Å². The van der Waals surface area contributed by atoms with Crippen LogP contribution in [0.15, 0.2) is 41.6 Å². The molecule has 1 heterocycles. The zero-order chi connectivity index (χ0) is 25.4. The second-order valence-electron chi connectivity index (χ2n) is 7.34. The molecule has 0 fully saturated rings. The first-order valence-corrected chi connectivity index (χ1v) is 12.8. The number of hydrogen-bond acceptors (Lipinski definition) is 7. The molecule has 0 spiro atoms. The molecule has 3 aromatic rings. The number of halogens is 3. The van der Waals surface area contributed by atoms with Gasteiger partial charge in [0, 0.05) is 17.8 Å². The van der Waals surface area contributed by atoms with Gasteiger partial charge in [-0.3, -0.25) is 4.79 Å². The van der Waals surface area contributed by atoms with Gasteiger partial charge in [-0.2, -0.15) is 0 Å². The van der Waals surface area contributed by atoms with Crippen LogP contribution in [0.1, 0.15) is 35.9 Å². The van der Waals surface area contributed by atoms with Gasteiger partial charge in [-0.1, -0.05) is 59.9 Å². The second-order valence-corrected chi connectivity index (χ2v) is 9.54. The lowest BCUT2D eigenvalue weighted by Gasteiger charge is -2.10. The number of nitrogens with one attached hydrogen (secondary N) is 1. The molecule has 1 aromatic heterocycles. The van der Waals surface area contributed by atoms with E-state index in [0.717, 1.165) is 12.8 Å². The topological polar surface area (TPSA) is 95.3 Å². The van der Waals surface area contributed by atoms with Gasteiger partial charge in [0.2, 0.25) is 5.91 Å². The lowest BCUT2D eigenvalue weighted by Crippen LogP contribution is -2.15. The van der Waals surface area contributed by atoms with Crippen LogP contribution in [0.25, 0.3) is 0 Å². The van der Waals surface area contributed by atoms with E-state index >= 15 is 0 Å². The summed E-state index contributed by atoms with van der Waals surface area (Å²) >= 11 is 19.4. The number of esters is 1. The van der Waals surface area contributed by atoms with Crippen LogP contribution in [0.2, 0.25) is 15.1 Å². The summed E-state index contributed by atoms with van der Waals surface area (Å²) in [6.07, 6.45) is 1.67. The summed E-state index contributed by atoms with van der Waals surface area (Å²) in [5.41, 5.74) is 0.640. The minimum Gasteiger partial charge on any atom is -0.484 e. The average molecular weight is 558 g/mol. The summed E-state index contributed by atoms with van der Waals surface area (Å²) in [6.45, 7) is 2.46. The number of ether oxygens (including phenoxy) is 2. The molecule has 0 atom stereocenters. The third kappa shape index (κ3) is 7.76. The molecule has 0 unspecified atom stereocenters. The molecular weight excluding hydrogens is 535 g/mol. The van der Waals surface area contributed by atoms with Gasteiger partial charge in [0.05, 0.1) is 28.0 Å². The van der Waals surface area contributed by atoms with Crippen molar-refractivity contribution in [2.75, 3.05) is 17.7 Å². The Labute approximate surface area is 222 Å². The predicted octanol–water partition coefficient (Wildman–Crippen LogP) is 6.04. The number of hydrogen-bond donors (Lipinski definition) is 1. The van der Waals surface area contributed by atoms with Crippen LogP contribution in [-0.4, -0.2) is 39.0 Å². The number of carbonyl (C=O) groups excluding carboxylic acids is 2. The molecule has 0 radical (unpaired) electrons. The molecule has 0 bridgehead atoms. The maximum absolute atomic E-state index is 12.5. The van der Waals surface area contributed by atoms with Gasteiger partial charge in [0.1, 0.15) is 12.4 Å². The van der Waals surface area contributed by atoms with E-state index in [2.05, 4.69) is 15.5 Å². The molecule has 35 heavy (non-hydrogen) atoms. The van der Waals surface area contributed by atoms with E-state index in [4.69, 9.17) is 44.3 Å². The molecule has 0 aliphatic carbocycles. The fourth-order valence-electron chi connectivity index (χ4n) is 2.80. The molecule has 1 amide bonds. The number of nitrogens with zero attached hydrogens (tertiary/aromatic N) is 3. The van der Waals surface area contributed by atoms with E-state index in [-0.39, 0.29) is 28.9 Å². The Balaban J connectivity index is 1.54. The van der Waals surface area contributed by atoms with E-state index in [9.17, 15) is 9.59 Å². The second kappa shape index (κ2) is 13.0. The van der Waals surface area contributed by atoms with Gasteiger partial charge in [-0.25, -0.2) is 4.79 Å². The average Bonchev–Trinajstić information content (AvgIpc) is 3.17. The summed E-state index contributed by atoms with van der Waals surface area (Å²) < 4.78 is 12.6. The molecule has 0 saturated carbocycles. The Morgan fingerprint density at radius 3 is 2.63 bits per heavy atom. The standard InChI is InChI=1S/C23H23Cl3N4O4S/c1-3-4-9-33-22(32)16-11-15(6-7-17(16)25)27-21(31)13-35-23-29-28-20(30(23)2)12-34-19-8-5-14(24)10-18(19)26/h5-8,10-11H,3-4,9,12-13H2,1-2H3,(H,27,31). The van der Waals surface area contributed by atoms with E-state index in [1.165, 1.54) is 17.8 Å². The zero-order valence-electron chi connectivity index (χ0n) is 19.0. The summed E-state index contributed by atoms with van der Waals surface area (Å²) in [6, 6.07) is 9.61. The van der Waals surface area contributed by atoms with E-state index in [0.29, 0.717) is 39.1 Å². The summed E-state index contributed by atoms with van der Waals surface area (Å²) in [5, 5.41) is 12.7. The predicted molar refractivity (Wildman–Crippen MR) is 138 cm³/mol. The van der Waals surface area contributed by atoms with E-state index < -0.39 is 5.97 Å². The highest BCUT2D eigenvalue weighted by molar-refractivity contribution is 7.99. The van der Waals surface area contributed by atoms with E-state index in [1.807, 2.05) is 6.92 Å². The number of unbranched alkanes of at least 4 members (excludes halogenated alkanes) is 1. The number of aromatic nitrogens is 3. The molecule has 186 valence electrons. The monoisotopic (exact) mass is 556 g/mol. The SMILES string of the molecule is CCCCOC(=O)c1cc(NC(=O)CSc2nnc(COc3ccc(Cl)cc3Cl)n2C)ccc1Cl. The molecule has 0 saturated heterocycles. The smallest absolute Gasteiger partial charge is 0.339 e. The van der Waals surface area contributed by atoms with Crippen molar-refractivity contribution in [2.45, 2.75) is 31.5 Å². The number of amides is 1. The van der Waals surface area contributed by atoms with Gasteiger partial charge in [-0.05, 0) is 42.8 Å². The molecule has 2 aromatic carbocycles. The number of anilines is 1. The Morgan fingerprint density at radius 1 is 1.09 bits per heavy atom. The molecule has 8 nitrogen and oxygen atoms in total. The number of thioether (sulfide) groups is 1.